The van der Waals surface area contributed by atoms with E-state index >= 15 is 0 Å². The molecule has 3 N–H and O–H groups in total. The van der Waals surface area contributed by atoms with E-state index in [1.54, 1.807) is 19.2 Å². The van der Waals surface area contributed by atoms with Crippen molar-refractivity contribution in [2.45, 2.75) is 45.1 Å². The SMILES string of the molecule is COc1ccc(F)c(NC2(CN)CCC(C)(C)CC2)c1. The molecule has 0 unspecified atom stereocenters. The summed E-state index contributed by atoms with van der Waals surface area (Å²) in [7, 11) is 1.58. The first kappa shape index (κ1) is 15.1. The molecule has 1 aromatic rings. The highest BCUT2D eigenvalue weighted by Crippen LogP contribution is 2.41. The summed E-state index contributed by atoms with van der Waals surface area (Å²) in [6.45, 7) is 5.07. The van der Waals surface area contributed by atoms with Crippen molar-refractivity contribution in [1.82, 2.24) is 0 Å². The van der Waals surface area contributed by atoms with E-state index in [2.05, 4.69) is 19.2 Å². The van der Waals surface area contributed by atoms with E-state index in [4.69, 9.17) is 10.5 Å². The number of ether oxygens (including phenoxy) is 1. The Balaban J connectivity index is 2.18. The van der Waals surface area contributed by atoms with Gasteiger partial charge in [-0.25, -0.2) is 4.39 Å². The van der Waals surface area contributed by atoms with Gasteiger partial charge in [-0.1, -0.05) is 13.8 Å². The average molecular weight is 280 g/mol. The molecule has 20 heavy (non-hydrogen) atoms. The van der Waals surface area contributed by atoms with Gasteiger partial charge < -0.3 is 15.8 Å². The molecule has 1 aliphatic rings. The van der Waals surface area contributed by atoms with E-state index < -0.39 is 0 Å². The Bertz CT molecular complexity index is 464. The van der Waals surface area contributed by atoms with E-state index in [9.17, 15) is 4.39 Å². The number of halogens is 1. The topological polar surface area (TPSA) is 47.3 Å². The number of nitrogens with one attached hydrogen (secondary N) is 1. The highest BCUT2D eigenvalue weighted by molar-refractivity contribution is 5.51. The second-order valence-corrected chi connectivity index (χ2v) is 6.62. The van der Waals surface area contributed by atoms with Crippen LogP contribution in [0.5, 0.6) is 5.75 Å². The van der Waals surface area contributed by atoms with Crippen molar-refractivity contribution in [2.75, 3.05) is 19.0 Å². The molecular formula is C16H25FN2O. The minimum atomic E-state index is -0.261. The van der Waals surface area contributed by atoms with Crippen LogP contribution in [0.1, 0.15) is 39.5 Å². The Morgan fingerprint density at radius 1 is 1.25 bits per heavy atom. The summed E-state index contributed by atoms with van der Waals surface area (Å²) in [4.78, 5) is 0. The molecule has 0 heterocycles. The van der Waals surface area contributed by atoms with E-state index in [1.165, 1.54) is 6.07 Å². The standard InChI is InChI=1S/C16H25FN2O/c1-15(2)6-8-16(11-18,9-7-15)19-14-10-12(20-3)4-5-13(14)17/h4-5,10,19H,6-9,11,18H2,1-3H3. The largest absolute Gasteiger partial charge is 0.497 e. The summed E-state index contributed by atoms with van der Waals surface area (Å²) < 4.78 is 19.1. The third-order valence-corrected chi connectivity index (χ3v) is 4.52. The molecule has 112 valence electrons. The summed E-state index contributed by atoms with van der Waals surface area (Å²) in [5, 5.41) is 3.34. The Morgan fingerprint density at radius 3 is 2.45 bits per heavy atom. The smallest absolute Gasteiger partial charge is 0.146 e. The van der Waals surface area contributed by atoms with Gasteiger partial charge in [0.1, 0.15) is 11.6 Å². The van der Waals surface area contributed by atoms with Gasteiger partial charge in [0, 0.05) is 18.2 Å². The van der Waals surface area contributed by atoms with Crippen LogP contribution >= 0.6 is 0 Å². The first-order valence-corrected chi connectivity index (χ1v) is 7.22. The molecule has 1 aliphatic carbocycles. The molecule has 0 saturated heterocycles. The Morgan fingerprint density at radius 2 is 1.90 bits per heavy atom. The fraction of sp³-hybridized carbons (Fsp3) is 0.625. The highest BCUT2D eigenvalue weighted by atomic mass is 19.1. The van der Waals surface area contributed by atoms with Crippen LogP contribution in [-0.4, -0.2) is 19.2 Å². The molecule has 3 nitrogen and oxygen atoms in total. The molecule has 1 aromatic carbocycles. The lowest BCUT2D eigenvalue weighted by Gasteiger charge is -2.44. The molecule has 0 aromatic heterocycles. The molecule has 2 rings (SSSR count). The van der Waals surface area contributed by atoms with Crippen molar-refractivity contribution >= 4 is 5.69 Å². The zero-order valence-corrected chi connectivity index (χ0v) is 12.6. The van der Waals surface area contributed by atoms with E-state index in [1.807, 2.05) is 0 Å². The molecule has 0 atom stereocenters. The van der Waals surface area contributed by atoms with Crippen LogP contribution in [0.2, 0.25) is 0 Å². The summed E-state index contributed by atoms with van der Waals surface area (Å²) in [5.74, 6) is 0.390. The van der Waals surface area contributed by atoms with Crippen molar-refractivity contribution in [3.8, 4) is 5.75 Å². The van der Waals surface area contributed by atoms with E-state index in [0.29, 0.717) is 23.4 Å². The number of hydrogen-bond acceptors (Lipinski definition) is 3. The number of benzene rings is 1. The lowest BCUT2D eigenvalue weighted by molar-refractivity contribution is 0.182. The maximum absolute atomic E-state index is 14.0. The van der Waals surface area contributed by atoms with Crippen LogP contribution in [0.25, 0.3) is 0 Å². The van der Waals surface area contributed by atoms with Gasteiger partial charge in [-0.15, -0.1) is 0 Å². The van der Waals surface area contributed by atoms with E-state index in [-0.39, 0.29) is 11.4 Å². The molecule has 0 amide bonds. The van der Waals surface area contributed by atoms with Gasteiger partial charge in [-0.3, -0.25) is 0 Å². The average Bonchev–Trinajstić information content (AvgIpc) is 2.44. The number of anilines is 1. The normalized spacial score (nSPS) is 20.4. The monoisotopic (exact) mass is 280 g/mol. The van der Waals surface area contributed by atoms with Crippen molar-refractivity contribution in [3.05, 3.63) is 24.0 Å². The van der Waals surface area contributed by atoms with Crippen LogP contribution in [0, 0.1) is 11.2 Å². The van der Waals surface area contributed by atoms with Crippen LogP contribution < -0.4 is 15.8 Å². The van der Waals surface area contributed by atoms with Gasteiger partial charge in [-0.05, 0) is 43.2 Å². The molecule has 0 bridgehead atoms. The second-order valence-electron chi connectivity index (χ2n) is 6.62. The third-order valence-electron chi connectivity index (χ3n) is 4.52. The lowest BCUT2D eigenvalue weighted by atomic mass is 9.69. The Labute approximate surface area is 120 Å². The first-order chi connectivity index (χ1) is 9.40. The summed E-state index contributed by atoms with van der Waals surface area (Å²) in [6, 6.07) is 4.75. The maximum atomic E-state index is 14.0. The van der Waals surface area contributed by atoms with Crippen molar-refractivity contribution in [1.29, 1.82) is 0 Å². The predicted molar refractivity (Wildman–Crippen MR) is 80.6 cm³/mol. The van der Waals surface area contributed by atoms with Crippen molar-refractivity contribution < 1.29 is 9.13 Å². The van der Waals surface area contributed by atoms with Crippen LogP contribution in [0.15, 0.2) is 18.2 Å². The van der Waals surface area contributed by atoms with Crippen molar-refractivity contribution in [2.24, 2.45) is 11.1 Å². The highest BCUT2D eigenvalue weighted by Gasteiger charge is 2.37. The summed E-state index contributed by atoms with van der Waals surface area (Å²) in [5.41, 5.74) is 6.61. The Hall–Kier alpha value is -1.29. The third kappa shape index (κ3) is 3.23. The molecule has 0 spiro atoms. The molecule has 0 radical (unpaired) electrons. The fourth-order valence-electron chi connectivity index (χ4n) is 2.80. The van der Waals surface area contributed by atoms with Crippen molar-refractivity contribution in [3.63, 3.8) is 0 Å². The van der Waals surface area contributed by atoms with E-state index in [0.717, 1.165) is 25.7 Å². The van der Waals surface area contributed by atoms with Gasteiger partial charge in [0.2, 0.25) is 0 Å². The molecule has 1 saturated carbocycles. The number of methoxy groups -OCH3 is 1. The van der Waals surface area contributed by atoms with Gasteiger partial charge in [0.05, 0.1) is 12.8 Å². The van der Waals surface area contributed by atoms with Gasteiger partial charge in [0.15, 0.2) is 0 Å². The maximum Gasteiger partial charge on any atom is 0.146 e. The molecular weight excluding hydrogens is 255 g/mol. The second kappa shape index (κ2) is 5.60. The fourth-order valence-corrected chi connectivity index (χ4v) is 2.80. The summed E-state index contributed by atoms with van der Waals surface area (Å²) in [6.07, 6.45) is 4.13. The summed E-state index contributed by atoms with van der Waals surface area (Å²) >= 11 is 0. The van der Waals surface area contributed by atoms with Crippen LogP contribution in [0.4, 0.5) is 10.1 Å². The number of hydrogen-bond donors (Lipinski definition) is 2. The van der Waals surface area contributed by atoms with Crippen LogP contribution in [-0.2, 0) is 0 Å². The van der Waals surface area contributed by atoms with Gasteiger partial charge in [0.25, 0.3) is 0 Å². The number of nitrogens with two attached hydrogens (primary N) is 1. The minimum absolute atomic E-state index is 0.206. The quantitative estimate of drug-likeness (QED) is 0.886. The van der Waals surface area contributed by atoms with Gasteiger partial charge in [-0.2, -0.15) is 0 Å². The predicted octanol–water partition coefficient (Wildman–Crippen LogP) is 3.54. The first-order valence-electron chi connectivity index (χ1n) is 7.22. The lowest BCUT2D eigenvalue weighted by Crippen LogP contribution is -2.49. The molecule has 0 aliphatic heterocycles. The minimum Gasteiger partial charge on any atom is -0.497 e. The Kier molecular flexibility index (Phi) is 4.23. The van der Waals surface area contributed by atoms with Gasteiger partial charge >= 0.3 is 0 Å². The zero-order valence-electron chi connectivity index (χ0n) is 12.6. The number of rotatable bonds is 4. The van der Waals surface area contributed by atoms with Crippen LogP contribution in [0.3, 0.4) is 0 Å². The molecule has 4 heteroatoms. The zero-order chi connectivity index (χ0) is 14.8. The molecule has 1 fully saturated rings.